The van der Waals surface area contributed by atoms with Gasteiger partial charge in [0.2, 0.25) is 0 Å². The van der Waals surface area contributed by atoms with Gasteiger partial charge in [0, 0.05) is 18.3 Å². The normalized spacial score (nSPS) is 24.3. The molecule has 1 heterocycles. The zero-order valence-corrected chi connectivity index (χ0v) is 8.31. The maximum Gasteiger partial charge on any atom is 0.252 e. The molecule has 1 amide bonds. The highest BCUT2D eigenvalue weighted by atomic mass is 16.1. The number of pyridine rings is 1. The lowest BCUT2D eigenvalue weighted by Gasteiger charge is -2.33. The van der Waals surface area contributed by atoms with Gasteiger partial charge in [-0.25, -0.2) is 4.98 Å². The van der Waals surface area contributed by atoms with Gasteiger partial charge in [0.1, 0.15) is 5.82 Å². The van der Waals surface area contributed by atoms with Gasteiger partial charge in [0.15, 0.2) is 0 Å². The molecular weight excluding hydrogens is 192 g/mol. The van der Waals surface area contributed by atoms with E-state index in [1.165, 1.54) is 0 Å². The minimum absolute atomic E-state index is 0.267. The van der Waals surface area contributed by atoms with Gasteiger partial charge in [-0.1, -0.05) is 0 Å². The first kappa shape index (κ1) is 9.92. The summed E-state index contributed by atoms with van der Waals surface area (Å²) in [4.78, 5) is 15.2. The molecule has 1 saturated carbocycles. The van der Waals surface area contributed by atoms with Crippen molar-refractivity contribution in [2.75, 3.05) is 5.32 Å². The van der Waals surface area contributed by atoms with E-state index in [-0.39, 0.29) is 6.04 Å². The molecule has 1 aliphatic rings. The second-order valence-electron chi connectivity index (χ2n) is 3.84. The number of anilines is 1. The summed E-state index contributed by atoms with van der Waals surface area (Å²) in [5, 5.41) is 3.17. The number of amides is 1. The molecular formula is C10H14N4O. The summed E-state index contributed by atoms with van der Waals surface area (Å²) in [7, 11) is 0. The summed E-state index contributed by atoms with van der Waals surface area (Å²) in [6, 6.07) is 3.94. The highest BCUT2D eigenvalue weighted by molar-refractivity contribution is 5.97. The predicted molar refractivity (Wildman–Crippen MR) is 57.4 cm³/mol. The van der Waals surface area contributed by atoms with Crippen LogP contribution >= 0.6 is 0 Å². The first-order valence-corrected chi connectivity index (χ1v) is 4.93. The summed E-state index contributed by atoms with van der Waals surface area (Å²) < 4.78 is 0. The fourth-order valence-electron chi connectivity index (χ4n) is 1.69. The molecule has 2 rings (SSSR count). The predicted octanol–water partition coefficient (Wildman–Crippen LogP) is 0.0821. The van der Waals surface area contributed by atoms with Crippen molar-refractivity contribution in [2.45, 2.75) is 24.9 Å². The van der Waals surface area contributed by atoms with E-state index in [9.17, 15) is 4.79 Å². The lowest BCUT2D eigenvalue weighted by atomic mass is 9.87. The van der Waals surface area contributed by atoms with Crippen LogP contribution in [-0.4, -0.2) is 23.0 Å². The standard InChI is InChI=1S/C10H14N4O/c11-6-4-7(5-6)14-10-8(9(12)15)2-1-3-13-10/h1-3,6-7H,4-5,11H2,(H2,12,15)(H,13,14). The first-order chi connectivity index (χ1) is 7.16. The summed E-state index contributed by atoms with van der Waals surface area (Å²) in [6.07, 6.45) is 3.46. The Labute approximate surface area is 87.9 Å². The number of nitrogens with two attached hydrogens (primary N) is 2. The van der Waals surface area contributed by atoms with E-state index in [2.05, 4.69) is 10.3 Å². The van der Waals surface area contributed by atoms with Crippen LogP contribution in [-0.2, 0) is 0 Å². The summed E-state index contributed by atoms with van der Waals surface area (Å²) in [6.45, 7) is 0. The quantitative estimate of drug-likeness (QED) is 0.653. The van der Waals surface area contributed by atoms with Crippen LogP contribution in [0, 0.1) is 0 Å². The Kier molecular flexibility index (Phi) is 2.55. The van der Waals surface area contributed by atoms with E-state index in [1.807, 2.05) is 0 Å². The van der Waals surface area contributed by atoms with E-state index in [1.54, 1.807) is 18.3 Å². The smallest absolute Gasteiger partial charge is 0.252 e. The van der Waals surface area contributed by atoms with Crippen LogP contribution in [0.3, 0.4) is 0 Å². The first-order valence-electron chi connectivity index (χ1n) is 4.93. The van der Waals surface area contributed by atoms with Crippen molar-refractivity contribution in [3.63, 3.8) is 0 Å². The van der Waals surface area contributed by atoms with Crippen molar-refractivity contribution in [1.29, 1.82) is 0 Å². The average Bonchev–Trinajstić information content (AvgIpc) is 2.16. The van der Waals surface area contributed by atoms with Crippen molar-refractivity contribution in [1.82, 2.24) is 4.98 Å². The van der Waals surface area contributed by atoms with E-state index in [0.717, 1.165) is 12.8 Å². The van der Waals surface area contributed by atoms with Crippen molar-refractivity contribution in [3.8, 4) is 0 Å². The van der Waals surface area contributed by atoms with Crippen molar-refractivity contribution in [2.24, 2.45) is 11.5 Å². The maximum absolute atomic E-state index is 11.1. The van der Waals surface area contributed by atoms with Gasteiger partial charge in [0.25, 0.3) is 5.91 Å². The maximum atomic E-state index is 11.1. The SMILES string of the molecule is NC(=O)c1cccnc1NC1CC(N)C1. The highest BCUT2D eigenvalue weighted by Crippen LogP contribution is 2.23. The number of primary amides is 1. The van der Waals surface area contributed by atoms with Gasteiger partial charge in [0.05, 0.1) is 5.56 Å². The Balaban J connectivity index is 2.10. The number of carbonyl (C=O) groups excluding carboxylic acids is 1. The lowest BCUT2D eigenvalue weighted by Crippen LogP contribution is -2.44. The molecule has 15 heavy (non-hydrogen) atoms. The van der Waals surface area contributed by atoms with Gasteiger partial charge in [-0.3, -0.25) is 4.79 Å². The van der Waals surface area contributed by atoms with Gasteiger partial charge >= 0.3 is 0 Å². The molecule has 5 N–H and O–H groups in total. The Bertz CT molecular complexity index is 373. The molecule has 0 aliphatic heterocycles. The number of nitrogens with zero attached hydrogens (tertiary/aromatic N) is 1. The number of rotatable bonds is 3. The second-order valence-corrected chi connectivity index (χ2v) is 3.84. The third-order valence-corrected chi connectivity index (χ3v) is 2.59. The zero-order chi connectivity index (χ0) is 10.8. The molecule has 0 bridgehead atoms. The van der Waals surface area contributed by atoms with E-state index in [4.69, 9.17) is 11.5 Å². The molecule has 5 nitrogen and oxygen atoms in total. The highest BCUT2D eigenvalue weighted by Gasteiger charge is 2.26. The molecule has 1 aliphatic carbocycles. The summed E-state index contributed by atoms with van der Waals surface area (Å²) >= 11 is 0. The van der Waals surface area contributed by atoms with Gasteiger partial charge in [-0.2, -0.15) is 0 Å². The molecule has 0 spiro atoms. The van der Waals surface area contributed by atoms with Crippen LogP contribution in [0.4, 0.5) is 5.82 Å². The number of hydrogen-bond acceptors (Lipinski definition) is 4. The largest absolute Gasteiger partial charge is 0.367 e. The fourth-order valence-corrected chi connectivity index (χ4v) is 1.69. The summed E-state index contributed by atoms with van der Waals surface area (Å²) in [5.41, 5.74) is 11.3. The molecule has 1 aromatic rings. The van der Waals surface area contributed by atoms with Gasteiger partial charge < -0.3 is 16.8 Å². The molecule has 80 valence electrons. The van der Waals surface area contributed by atoms with E-state index in [0.29, 0.717) is 17.4 Å². The van der Waals surface area contributed by atoms with Crippen LogP contribution in [0.15, 0.2) is 18.3 Å². The third kappa shape index (κ3) is 2.07. The van der Waals surface area contributed by atoms with Crippen molar-refractivity contribution in [3.05, 3.63) is 23.9 Å². The Morgan fingerprint density at radius 3 is 2.87 bits per heavy atom. The average molecular weight is 206 g/mol. The molecule has 0 aromatic carbocycles. The summed E-state index contributed by atoms with van der Waals surface area (Å²) in [5.74, 6) is 0.0936. The third-order valence-electron chi connectivity index (χ3n) is 2.59. The van der Waals surface area contributed by atoms with E-state index < -0.39 is 5.91 Å². The number of carbonyl (C=O) groups is 1. The molecule has 1 aromatic heterocycles. The number of hydrogen-bond donors (Lipinski definition) is 3. The van der Waals surface area contributed by atoms with Crippen molar-refractivity contribution >= 4 is 11.7 Å². The van der Waals surface area contributed by atoms with Crippen LogP contribution in [0.25, 0.3) is 0 Å². The Morgan fingerprint density at radius 2 is 2.27 bits per heavy atom. The number of aromatic nitrogens is 1. The lowest BCUT2D eigenvalue weighted by molar-refractivity contribution is 0.100. The van der Waals surface area contributed by atoms with Gasteiger partial charge in [-0.15, -0.1) is 0 Å². The minimum Gasteiger partial charge on any atom is -0.367 e. The van der Waals surface area contributed by atoms with Crippen molar-refractivity contribution < 1.29 is 4.79 Å². The second kappa shape index (κ2) is 3.86. The fraction of sp³-hybridized carbons (Fsp3) is 0.400. The molecule has 0 atom stereocenters. The Hall–Kier alpha value is -1.62. The Morgan fingerprint density at radius 1 is 1.53 bits per heavy atom. The molecule has 5 heteroatoms. The minimum atomic E-state index is -0.464. The zero-order valence-electron chi connectivity index (χ0n) is 8.31. The molecule has 0 radical (unpaired) electrons. The van der Waals surface area contributed by atoms with Crippen LogP contribution in [0.5, 0.6) is 0 Å². The van der Waals surface area contributed by atoms with E-state index >= 15 is 0 Å². The van der Waals surface area contributed by atoms with Crippen LogP contribution in [0.1, 0.15) is 23.2 Å². The molecule has 1 fully saturated rings. The van der Waals surface area contributed by atoms with Crippen LogP contribution < -0.4 is 16.8 Å². The molecule has 0 saturated heterocycles. The monoisotopic (exact) mass is 206 g/mol. The number of nitrogens with one attached hydrogen (secondary N) is 1. The van der Waals surface area contributed by atoms with Crippen LogP contribution in [0.2, 0.25) is 0 Å². The topological polar surface area (TPSA) is 94.0 Å². The van der Waals surface area contributed by atoms with Gasteiger partial charge in [-0.05, 0) is 25.0 Å². The molecule has 0 unspecified atom stereocenters.